The number of imidazole rings is 1. The summed E-state index contributed by atoms with van der Waals surface area (Å²) in [6.07, 6.45) is 1.81. The van der Waals surface area contributed by atoms with Crippen LogP contribution in [0.1, 0.15) is 16.8 Å². The summed E-state index contributed by atoms with van der Waals surface area (Å²) in [6.45, 7) is 4.04. The van der Waals surface area contributed by atoms with Crippen LogP contribution in [0.25, 0.3) is 16.9 Å². The van der Waals surface area contributed by atoms with Gasteiger partial charge >= 0.3 is 5.97 Å². The zero-order valence-electron chi connectivity index (χ0n) is 12.0. The monoisotopic (exact) mass is 280 g/mol. The number of aliphatic carboxylic acids is 1. The molecule has 0 bridgehead atoms. The fourth-order valence-corrected chi connectivity index (χ4v) is 2.57. The van der Waals surface area contributed by atoms with E-state index in [1.165, 1.54) is 0 Å². The fourth-order valence-electron chi connectivity index (χ4n) is 2.57. The van der Waals surface area contributed by atoms with Gasteiger partial charge < -0.3 is 9.51 Å². The molecule has 4 heteroatoms. The third kappa shape index (κ3) is 2.40. The Morgan fingerprint density at radius 1 is 1.24 bits per heavy atom. The van der Waals surface area contributed by atoms with Gasteiger partial charge in [0.05, 0.1) is 17.8 Å². The molecule has 0 aliphatic heterocycles. The summed E-state index contributed by atoms with van der Waals surface area (Å²) >= 11 is 0. The lowest BCUT2D eigenvalue weighted by Crippen LogP contribution is -2.05. The van der Waals surface area contributed by atoms with E-state index in [1.807, 2.05) is 54.8 Å². The van der Waals surface area contributed by atoms with Crippen molar-refractivity contribution in [2.45, 2.75) is 20.3 Å². The van der Waals surface area contributed by atoms with Gasteiger partial charge in [0.2, 0.25) is 0 Å². The summed E-state index contributed by atoms with van der Waals surface area (Å²) in [5.74, 6) is -0.854. The van der Waals surface area contributed by atoms with Crippen LogP contribution in [-0.4, -0.2) is 20.5 Å². The lowest BCUT2D eigenvalue weighted by Gasteiger charge is -2.07. The van der Waals surface area contributed by atoms with Crippen molar-refractivity contribution in [1.29, 1.82) is 0 Å². The number of fused-ring (bicyclic) bond motifs is 1. The van der Waals surface area contributed by atoms with Gasteiger partial charge in [-0.1, -0.05) is 23.8 Å². The molecule has 2 aromatic heterocycles. The molecule has 4 nitrogen and oxygen atoms in total. The maximum atomic E-state index is 11.2. The Morgan fingerprint density at radius 3 is 2.81 bits per heavy atom. The lowest BCUT2D eigenvalue weighted by molar-refractivity contribution is -0.136. The summed E-state index contributed by atoms with van der Waals surface area (Å²) in [4.78, 5) is 15.8. The Balaban J connectivity index is 2.30. The average Bonchev–Trinajstić information content (AvgIpc) is 2.80. The highest BCUT2D eigenvalue weighted by atomic mass is 16.4. The standard InChI is InChI=1S/C17H16N2O2/c1-11-6-7-12(2)13(9-11)17-14(10-16(20)21)19-8-4-3-5-15(19)18-17/h3-9H,10H2,1-2H3,(H,20,21). The molecule has 3 aromatic rings. The van der Waals surface area contributed by atoms with Crippen LogP contribution in [0.3, 0.4) is 0 Å². The van der Waals surface area contributed by atoms with Crippen molar-refractivity contribution >= 4 is 11.6 Å². The minimum absolute atomic E-state index is 0.0477. The molecule has 0 amide bonds. The number of benzene rings is 1. The molecule has 1 N–H and O–H groups in total. The fraction of sp³-hybridized carbons (Fsp3) is 0.176. The molecule has 0 unspecified atom stereocenters. The molecule has 3 rings (SSSR count). The summed E-state index contributed by atoms with van der Waals surface area (Å²) in [7, 11) is 0. The SMILES string of the molecule is Cc1ccc(C)c(-c2nc3ccccn3c2CC(=O)O)c1. The molecule has 0 aliphatic carbocycles. The summed E-state index contributed by atoms with van der Waals surface area (Å²) < 4.78 is 1.85. The van der Waals surface area contributed by atoms with E-state index in [0.29, 0.717) is 5.69 Å². The number of pyridine rings is 1. The molecule has 2 heterocycles. The van der Waals surface area contributed by atoms with Gasteiger partial charge in [0.1, 0.15) is 5.65 Å². The smallest absolute Gasteiger partial charge is 0.309 e. The predicted octanol–water partition coefficient (Wildman–Crippen LogP) is 3.25. The first-order valence-electron chi connectivity index (χ1n) is 6.81. The van der Waals surface area contributed by atoms with Crippen molar-refractivity contribution in [3.63, 3.8) is 0 Å². The molecule has 21 heavy (non-hydrogen) atoms. The van der Waals surface area contributed by atoms with Crippen LogP contribution in [0.4, 0.5) is 0 Å². The normalized spacial score (nSPS) is 11.0. The van der Waals surface area contributed by atoms with Crippen LogP contribution in [0.5, 0.6) is 0 Å². The summed E-state index contributed by atoms with van der Waals surface area (Å²) in [5.41, 5.74) is 5.46. The second-order valence-corrected chi connectivity index (χ2v) is 5.22. The summed E-state index contributed by atoms with van der Waals surface area (Å²) in [5, 5.41) is 9.20. The molecule has 0 radical (unpaired) electrons. The van der Waals surface area contributed by atoms with Gasteiger partial charge in [-0.2, -0.15) is 0 Å². The number of carboxylic acid groups (broad SMARTS) is 1. The van der Waals surface area contributed by atoms with Crippen LogP contribution >= 0.6 is 0 Å². The number of aromatic nitrogens is 2. The van der Waals surface area contributed by atoms with Gasteiger partial charge in [-0.3, -0.25) is 4.79 Å². The van der Waals surface area contributed by atoms with Crippen LogP contribution < -0.4 is 0 Å². The van der Waals surface area contributed by atoms with Crippen LogP contribution in [0, 0.1) is 13.8 Å². The number of rotatable bonds is 3. The van der Waals surface area contributed by atoms with E-state index < -0.39 is 5.97 Å². The first-order valence-corrected chi connectivity index (χ1v) is 6.81. The Bertz CT molecular complexity index is 834. The van der Waals surface area contributed by atoms with E-state index in [1.54, 1.807) is 0 Å². The number of carboxylic acids is 1. The number of carbonyl (C=O) groups is 1. The molecule has 0 spiro atoms. The Morgan fingerprint density at radius 2 is 2.05 bits per heavy atom. The van der Waals surface area contributed by atoms with Crippen LogP contribution in [0.2, 0.25) is 0 Å². The minimum atomic E-state index is -0.854. The number of aryl methyl sites for hydroxylation is 2. The molecule has 106 valence electrons. The summed E-state index contributed by atoms with van der Waals surface area (Å²) in [6, 6.07) is 11.8. The van der Waals surface area contributed by atoms with E-state index >= 15 is 0 Å². The van der Waals surface area contributed by atoms with E-state index in [0.717, 1.165) is 28.0 Å². The molecule has 0 saturated carbocycles. The average molecular weight is 280 g/mol. The molecule has 0 fully saturated rings. The first-order chi connectivity index (χ1) is 10.1. The number of nitrogens with zero attached hydrogens (tertiary/aromatic N) is 2. The molecule has 0 saturated heterocycles. The largest absolute Gasteiger partial charge is 0.481 e. The third-order valence-corrected chi connectivity index (χ3v) is 3.60. The van der Waals surface area contributed by atoms with Gasteiger partial charge in [0.15, 0.2) is 0 Å². The topological polar surface area (TPSA) is 54.6 Å². The van der Waals surface area contributed by atoms with Gasteiger partial charge in [0.25, 0.3) is 0 Å². The molecule has 1 aromatic carbocycles. The zero-order chi connectivity index (χ0) is 15.0. The second-order valence-electron chi connectivity index (χ2n) is 5.22. The van der Waals surface area contributed by atoms with E-state index in [-0.39, 0.29) is 6.42 Å². The van der Waals surface area contributed by atoms with Crippen molar-refractivity contribution < 1.29 is 9.90 Å². The maximum Gasteiger partial charge on any atom is 0.309 e. The quantitative estimate of drug-likeness (QED) is 0.801. The van der Waals surface area contributed by atoms with Crippen LogP contribution in [-0.2, 0) is 11.2 Å². The van der Waals surface area contributed by atoms with Crippen molar-refractivity contribution in [3.05, 3.63) is 59.4 Å². The van der Waals surface area contributed by atoms with Crippen molar-refractivity contribution in [3.8, 4) is 11.3 Å². The van der Waals surface area contributed by atoms with E-state index in [2.05, 4.69) is 11.1 Å². The number of hydrogen-bond acceptors (Lipinski definition) is 2. The Hall–Kier alpha value is -2.62. The highest BCUT2D eigenvalue weighted by molar-refractivity contribution is 5.77. The Kier molecular flexibility index (Phi) is 3.22. The lowest BCUT2D eigenvalue weighted by atomic mass is 10.0. The van der Waals surface area contributed by atoms with E-state index in [9.17, 15) is 9.90 Å². The zero-order valence-corrected chi connectivity index (χ0v) is 12.0. The second kappa shape index (κ2) is 5.05. The third-order valence-electron chi connectivity index (χ3n) is 3.60. The van der Waals surface area contributed by atoms with Gasteiger partial charge in [-0.05, 0) is 37.6 Å². The predicted molar refractivity (Wildman–Crippen MR) is 81.4 cm³/mol. The van der Waals surface area contributed by atoms with Gasteiger partial charge in [-0.25, -0.2) is 4.98 Å². The highest BCUT2D eigenvalue weighted by Gasteiger charge is 2.17. The van der Waals surface area contributed by atoms with Crippen molar-refractivity contribution in [2.75, 3.05) is 0 Å². The number of hydrogen-bond donors (Lipinski definition) is 1. The van der Waals surface area contributed by atoms with Crippen molar-refractivity contribution in [2.24, 2.45) is 0 Å². The molecular formula is C17H16N2O2. The van der Waals surface area contributed by atoms with Crippen LogP contribution in [0.15, 0.2) is 42.6 Å². The van der Waals surface area contributed by atoms with Crippen molar-refractivity contribution in [1.82, 2.24) is 9.38 Å². The molecule has 0 aliphatic rings. The van der Waals surface area contributed by atoms with E-state index in [4.69, 9.17) is 0 Å². The minimum Gasteiger partial charge on any atom is -0.481 e. The molecule has 0 atom stereocenters. The van der Waals surface area contributed by atoms with Gasteiger partial charge in [-0.15, -0.1) is 0 Å². The molecular weight excluding hydrogens is 264 g/mol. The maximum absolute atomic E-state index is 11.2. The Labute approximate surface area is 122 Å². The highest BCUT2D eigenvalue weighted by Crippen LogP contribution is 2.28. The first kappa shape index (κ1) is 13.4. The van der Waals surface area contributed by atoms with Gasteiger partial charge in [0, 0.05) is 11.8 Å².